The summed E-state index contributed by atoms with van der Waals surface area (Å²) in [6, 6.07) is 3.04. The van der Waals surface area contributed by atoms with Gasteiger partial charge in [0.2, 0.25) is 0 Å². The van der Waals surface area contributed by atoms with E-state index in [1.165, 1.54) is 26.0 Å². The van der Waals surface area contributed by atoms with Crippen molar-refractivity contribution in [2.75, 3.05) is 14.2 Å². The molecular formula is C17H19FN2O2. The van der Waals surface area contributed by atoms with Gasteiger partial charge in [0.1, 0.15) is 11.6 Å². The van der Waals surface area contributed by atoms with Crippen LogP contribution in [0.2, 0.25) is 0 Å². The number of imidazole rings is 1. The van der Waals surface area contributed by atoms with Crippen LogP contribution >= 0.6 is 0 Å². The van der Waals surface area contributed by atoms with Crippen molar-refractivity contribution in [2.24, 2.45) is 5.92 Å². The zero-order chi connectivity index (χ0) is 15.3. The number of methoxy groups -OCH3 is 2. The van der Waals surface area contributed by atoms with Gasteiger partial charge in [-0.05, 0) is 37.7 Å². The van der Waals surface area contributed by atoms with Crippen LogP contribution < -0.4 is 9.47 Å². The summed E-state index contributed by atoms with van der Waals surface area (Å²) in [6.45, 7) is 0. The summed E-state index contributed by atoms with van der Waals surface area (Å²) in [7, 11) is 3.06. The molecule has 0 unspecified atom stereocenters. The van der Waals surface area contributed by atoms with E-state index in [0.29, 0.717) is 22.9 Å². The van der Waals surface area contributed by atoms with Crippen molar-refractivity contribution >= 4 is 0 Å². The first-order valence-corrected chi connectivity index (χ1v) is 7.65. The van der Waals surface area contributed by atoms with Gasteiger partial charge < -0.3 is 14.0 Å². The van der Waals surface area contributed by atoms with Gasteiger partial charge in [-0.25, -0.2) is 9.37 Å². The highest BCUT2D eigenvalue weighted by molar-refractivity contribution is 5.63. The normalized spacial score (nSPS) is 19.0. The van der Waals surface area contributed by atoms with E-state index in [1.54, 1.807) is 19.4 Å². The third-order valence-electron chi connectivity index (χ3n) is 4.93. The number of ether oxygens (including phenoxy) is 2. The third-order valence-corrected chi connectivity index (χ3v) is 4.93. The van der Waals surface area contributed by atoms with E-state index < -0.39 is 0 Å². The molecule has 0 radical (unpaired) electrons. The van der Waals surface area contributed by atoms with E-state index in [2.05, 4.69) is 9.55 Å². The molecule has 2 aliphatic rings. The van der Waals surface area contributed by atoms with Crippen LogP contribution in [0, 0.1) is 11.7 Å². The third kappa shape index (κ3) is 1.91. The van der Waals surface area contributed by atoms with Crippen molar-refractivity contribution < 1.29 is 13.9 Å². The average Bonchev–Trinajstić information content (AvgIpc) is 3.44. The molecular weight excluding hydrogens is 283 g/mol. The minimum atomic E-state index is -0.336. The lowest BCUT2D eigenvalue weighted by Crippen LogP contribution is -2.20. The van der Waals surface area contributed by atoms with E-state index in [9.17, 15) is 4.39 Å². The highest BCUT2D eigenvalue weighted by Gasteiger charge is 2.56. The lowest BCUT2D eigenvalue weighted by molar-refractivity contribution is 0.352. The first-order chi connectivity index (χ1) is 10.7. The maximum Gasteiger partial charge on any atom is 0.163 e. The quantitative estimate of drug-likeness (QED) is 0.846. The topological polar surface area (TPSA) is 36.3 Å². The molecule has 0 amide bonds. The fraction of sp³-hybridized carbons (Fsp3) is 0.471. The van der Waals surface area contributed by atoms with Crippen LogP contribution in [0.4, 0.5) is 4.39 Å². The number of halogens is 1. The molecule has 0 N–H and O–H groups in total. The second-order valence-corrected chi connectivity index (χ2v) is 6.19. The van der Waals surface area contributed by atoms with Crippen molar-refractivity contribution in [1.29, 1.82) is 0 Å². The highest BCUT2D eigenvalue weighted by Crippen LogP contribution is 2.60. The van der Waals surface area contributed by atoms with Crippen LogP contribution in [0.3, 0.4) is 0 Å². The molecule has 22 heavy (non-hydrogen) atoms. The van der Waals surface area contributed by atoms with E-state index in [0.717, 1.165) is 18.8 Å². The summed E-state index contributed by atoms with van der Waals surface area (Å²) in [5.41, 5.74) is 0.639. The van der Waals surface area contributed by atoms with Crippen LogP contribution in [0.1, 0.15) is 25.7 Å². The molecule has 0 aliphatic heterocycles. The Morgan fingerprint density at radius 2 is 1.86 bits per heavy atom. The van der Waals surface area contributed by atoms with E-state index >= 15 is 0 Å². The maximum absolute atomic E-state index is 14.5. The molecule has 0 atom stereocenters. The molecule has 0 saturated heterocycles. The van der Waals surface area contributed by atoms with Gasteiger partial charge in [-0.15, -0.1) is 0 Å². The van der Waals surface area contributed by atoms with E-state index in [-0.39, 0.29) is 11.4 Å². The first kappa shape index (κ1) is 13.6. The zero-order valence-electron chi connectivity index (χ0n) is 12.8. The molecule has 116 valence electrons. The summed E-state index contributed by atoms with van der Waals surface area (Å²) in [6.07, 6.45) is 8.61. The lowest BCUT2D eigenvalue weighted by atomic mass is 10.1. The minimum Gasteiger partial charge on any atom is -0.493 e. The SMILES string of the molecule is COc1cc(F)c(-c2nccn2C2(C3CC3)CC2)cc1OC. The highest BCUT2D eigenvalue weighted by atomic mass is 19.1. The van der Waals surface area contributed by atoms with Gasteiger partial charge in [-0.1, -0.05) is 0 Å². The second-order valence-electron chi connectivity index (χ2n) is 6.19. The summed E-state index contributed by atoms with van der Waals surface area (Å²) >= 11 is 0. The van der Waals surface area contributed by atoms with Gasteiger partial charge in [0.25, 0.3) is 0 Å². The molecule has 1 heterocycles. The zero-order valence-corrected chi connectivity index (χ0v) is 12.8. The predicted octanol–water partition coefficient (Wildman–Crippen LogP) is 3.61. The Kier molecular flexibility index (Phi) is 2.93. The Balaban J connectivity index is 1.82. The number of rotatable bonds is 5. The Labute approximate surface area is 128 Å². The van der Waals surface area contributed by atoms with Gasteiger partial charge in [0.05, 0.1) is 19.8 Å². The summed E-state index contributed by atoms with van der Waals surface area (Å²) in [5, 5.41) is 0. The van der Waals surface area contributed by atoms with Crippen LogP contribution in [0.15, 0.2) is 24.5 Å². The monoisotopic (exact) mass is 302 g/mol. The Morgan fingerprint density at radius 1 is 1.18 bits per heavy atom. The smallest absolute Gasteiger partial charge is 0.163 e. The molecule has 4 nitrogen and oxygen atoms in total. The molecule has 2 saturated carbocycles. The van der Waals surface area contributed by atoms with Gasteiger partial charge in [-0.3, -0.25) is 0 Å². The van der Waals surface area contributed by atoms with Crippen LogP contribution in [0.25, 0.3) is 11.4 Å². The summed E-state index contributed by atoms with van der Waals surface area (Å²) < 4.78 is 27.2. The van der Waals surface area contributed by atoms with E-state index in [4.69, 9.17) is 9.47 Å². The van der Waals surface area contributed by atoms with Gasteiger partial charge in [0, 0.05) is 24.0 Å². The molecule has 0 spiro atoms. The van der Waals surface area contributed by atoms with Crippen LogP contribution in [-0.4, -0.2) is 23.8 Å². The molecule has 2 aromatic rings. The largest absolute Gasteiger partial charge is 0.493 e. The number of hydrogen-bond donors (Lipinski definition) is 0. The number of nitrogens with zero attached hydrogens (tertiary/aromatic N) is 2. The fourth-order valence-corrected chi connectivity index (χ4v) is 3.48. The maximum atomic E-state index is 14.5. The van der Waals surface area contributed by atoms with Gasteiger partial charge >= 0.3 is 0 Å². The summed E-state index contributed by atoms with van der Waals surface area (Å²) in [5.74, 6) is 1.98. The Bertz CT molecular complexity index is 717. The van der Waals surface area contributed by atoms with Crippen molar-refractivity contribution in [3.8, 4) is 22.9 Å². The molecule has 0 bridgehead atoms. The average molecular weight is 302 g/mol. The van der Waals surface area contributed by atoms with Crippen molar-refractivity contribution in [3.05, 3.63) is 30.3 Å². The predicted molar refractivity (Wildman–Crippen MR) is 80.7 cm³/mol. The molecule has 2 fully saturated rings. The lowest BCUT2D eigenvalue weighted by Gasteiger charge is -2.20. The number of benzene rings is 1. The molecule has 5 heteroatoms. The van der Waals surface area contributed by atoms with Crippen molar-refractivity contribution in [3.63, 3.8) is 0 Å². The Morgan fingerprint density at radius 3 is 2.45 bits per heavy atom. The number of hydrogen-bond acceptors (Lipinski definition) is 3. The van der Waals surface area contributed by atoms with Crippen molar-refractivity contribution in [1.82, 2.24) is 9.55 Å². The molecule has 2 aliphatic carbocycles. The van der Waals surface area contributed by atoms with Gasteiger partial charge in [-0.2, -0.15) is 0 Å². The molecule has 1 aromatic heterocycles. The van der Waals surface area contributed by atoms with Crippen molar-refractivity contribution in [2.45, 2.75) is 31.2 Å². The van der Waals surface area contributed by atoms with Gasteiger partial charge in [0.15, 0.2) is 11.5 Å². The standard InChI is InChI=1S/C17H19FN2O2/c1-21-14-9-12(13(18)10-15(14)22-2)16-19-7-8-20(16)17(5-6-17)11-3-4-11/h7-11H,3-6H2,1-2H3. The number of aromatic nitrogens is 2. The van der Waals surface area contributed by atoms with Crippen LogP contribution in [0.5, 0.6) is 11.5 Å². The van der Waals surface area contributed by atoms with Crippen LogP contribution in [-0.2, 0) is 5.54 Å². The fourth-order valence-electron chi connectivity index (χ4n) is 3.48. The first-order valence-electron chi connectivity index (χ1n) is 7.65. The molecule has 1 aromatic carbocycles. The second kappa shape index (κ2) is 4.73. The summed E-state index contributed by atoms with van der Waals surface area (Å²) in [4.78, 5) is 4.42. The van der Waals surface area contributed by atoms with E-state index in [1.807, 2.05) is 6.20 Å². The Hall–Kier alpha value is -2.04. The molecule has 4 rings (SSSR count). The minimum absolute atomic E-state index is 0.172.